The van der Waals surface area contributed by atoms with E-state index in [9.17, 15) is 5.21 Å². The van der Waals surface area contributed by atoms with Crippen LogP contribution in [0.1, 0.15) is 6.42 Å². The Labute approximate surface area is 199 Å². The molecule has 0 bridgehead atoms. The summed E-state index contributed by atoms with van der Waals surface area (Å²) in [5, 5.41) is 18.3. The average molecular weight is 470 g/mol. The van der Waals surface area contributed by atoms with Crippen LogP contribution < -0.4 is 21.2 Å². The zero-order valence-corrected chi connectivity index (χ0v) is 20.4. The molecular formula is C29H29NOP2. The molecule has 1 saturated heterocycles. The standard InChI is InChI=1S/C29H29NOP2/c31-30-22-29(33(27-17-9-3-10-18-27)28-19-11-4-12-20-28)21-24(30)23-32(25-13-5-1-6-14-25)26-15-7-2-8-16-26/h1-20,24,29,31H,21-23H2/t24-,29-/m0/s1. The number of benzene rings is 4. The molecule has 1 fully saturated rings. The first-order valence-corrected chi connectivity index (χ1v) is 14.5. The molecule has 0 aliphatic carbocycles. The summed E-state index contributed by atoms with van der Waals surface area (Å²) >= 11 is 0. The zero-order chi connectivity index (χ0) is 22.5. The fourth-order valence-electron chi connectivity index (χ4n) is 4.77. The molecule has 0 amide bonds. The Morgan fingerprint density at radius 1 is 0.606 bits per heavy atom. The smallest absolute Gasteiger partial charge is 0.0402 e. The van der Waals surface area contributed by atoms with Gasteiger partial charge in [-0.3, -0.25) is 0 Å². The van der Waals surface area contributed by atoms with E-state index in [1.165, 1.54) is 21.2 Å². The van der Waals surface area contributed by atoms with Crippen molar-refractivity contribution in [1.82, 2.24) is 5.06 Å². The average Bonchev–Trinajstić information content (AvgIpc) is 3.24. The van der Waals surface area contributed by atoms with Gasteiger partial charge in [0.2, 0.25) is 0 Å². The van der Waals surface area contributed by atoms with Gasteiger partial charge in [0.25, 0.3) is 0 Å². The predicted octanol–water partition coefficient (Wildman–Crippen LogP) is 5.08. The topological polar surface area (TPSA) is 23.5 Å². The number of hydrogen-bond donors (Lipinski definition) is 1. The summed E-state index contributed by atoms with van der Waals surface area (Å²) in [5.41, 5.74) is 0.434. The van der Waals surface area contributed by atoms with Gasteiger partial charge in [-0.2, -0.15) is 5.06 Å². The van der Waals surface area contributed by atoms with E-state index < -0.39 is 15.8 Å². The lowest BCUT2D eigenvalue weighted by Gasteiger charge is -2.26. The first-order valence-electron chi connectivity index (χ1n) is 11.5. The van der Waals surface area contributed by atoms with Crippen LogP contribution in [0.15, 0.2) is 121 Å². The summed E-state index contributed by atoms with van der Waals surface area (Å²) in [5.74, 6) is 0. The van der Waals surface area contributed by atoms with E-state index in [4.69, 9.17) is 0 Å². The van der Waals surface area contributed by atoms with Crippen LogP contribution in [0.25, 0.3) is 0 Å². The van der Waals surface area contributed by atoms with E-state index >= 15 is 0 Å². The normalized spacial score (nSPS) is 18.8. The lowest BCUT2D eigenvalue weighted by Crippen LogP contribution is -2.31. The molecule has 1 aliphatic heterocycles. The minimum Gasteiger partial charge on any atom is -0.314 e. The van der Waals surface area contributed by atoms with Gasteiger partial charge >= 0.3 is 0 Å². The largest absolute Gasteiger partial charge is 0.314 e. The quantitative estimate of drug-likeness (QED) is 0.382. The number of hydrogen-bond acceptors (Lipinski definition) is 2. The second-order valence-electron chi connectivity index (χ2n) is 8.49. The third kappa shape index (κ3) is 5.26. The van der Waals surface area contributed by atoms with Gasteiger partial charge in [-0.25, -0.2) is 0 Å². The van der Waals surface area contributed by atoms with E-state index in [1.807, 2.05) is 0 Å². The Morgan fingerprint density at radius 3 is 1.42 bits per heavy atom. The van der Waals surface area contributed by atoms with Crippen molar-refractivity contribution in [1.29, 1.82) is 0 Å². The van der Waals surface area contributed by atoms with Crippen molar-refractivity contribution >= 4 is 37.1 Å². The van der Waals surface area contributed by atoms with Gasteiger partial charge in [-0.05, 0) is 49.6 Å². The van der Waals surface area contributed by atoms with Crippen LogP contribution in [0.3, 0.4) is 0 Å². The molecule has 0 aromatic heterocycles. The molecule has 1 N–H and O–H groups in total. The van der Waals surface area contributed by atoms with Gasteiger partial charge in [0.1, 0.15) is 0 Å². The van der Waals surface area contributed by atoms with Crippen LogP contribution in [-0.2, 0) is 0 Å². The zero-order valence-electron chi connectivity index (χ0n) is 18.6. The second-order valence-corrected chi connectivity index (χ2v) is 13.2. The molecule has 0 saturated carbocycles. The van der Waals surface area contributed by atoms with Gasteiger partial charge in [-0.15, -0.1) is 0 Å². The Hall–Kier alpha value is -2.34. The third-order valence-corrected chi connectivity index (χ3v) is 11.8. The molecule has 0 radical (unpaired) electrons. The maximum atomic E-state index is 11.1. The fraction of sp³-hybridized carbons (Fsp3) is 0.172. The van der Waals surface area contributed by atoms with Crippen LogP contribution in [0.4, 0.5) is 0 Å². The fourth-order valence-corrected chi connectivity index (χ4v) is 10.2. The highest BCUT2D eigenvalue weighted by Crippen LogP contribution is 2.47. The van der Waals surface area contributed by atoms with Crippen LogP contribution in [0, 0.1) is 0 Å². The molecule has 1 heterocycles. The Morgan fingerprint density at radius 2 is 1.00 bits per heavy atom. The van der Waals surface area contributed by atoms with Crippen molar-refractivity contribution in [2.24, 2.45) is 0 Å². The van der Waals surface area contributed by atoms with Crippen molar-refractivity contribution in [3.63, 3.8) is 0 Å². The van der Waals surface area contributed by atoms with Crippen molar-refractivity contribution < 1.29 is 5.21 Å². The summed E-state index contributed by atoms with van der Waals surface area (Å²) < 4.78 is 0. The van der Waals surface area contributed by atoms with Gasteiger partial charge in [0, 0.05) is 18.2 Å². The molecule has 1 aliphatic rings. The van der Waals surface area contributed by atoms with Crippen LogP contribution in [0.5, 0.6) is 0 Å². The first kappa shape index (κ1) is 22.5. The molecule has 33 heavy (non-hydrogen) atoms. The molecule has 166 valence electrons. The van der Waals surface area contributed by atoms with Crippen molar-refractivity contribution in [3.8, 4) is 0 Å². The lowest BCUT2D eigenvalue weighted by atomic mass is 10.2. The highest BCUT2D eigenvalue weighted by molar-refractivity contribution is 7.74. The predicted molar refractivity (Wildman–Crippen MR) is 144 cm³/mol. The third-order valence-electron chi connectivity index (χ3n) is 6.33. The number of hydroxylamine groups is 2. The van der Waals surface area contributed by atoms with Gasteiger partial charge in [-0.1, -0.05) is 121 Å². The minimum atomic E-state index is -0.533. The monoisotopic (exact) mass is 469 g/mol. The van der Waals surface area contributed by atoms with Gasteiger partial charge in [0.05, 0.1) is 0 Å². The van der Waals surface area contributed by atoms with Gasteiger partial charge < -0.3 is 5.21 Å². The molecule has 2 nitrogen and oxygen atoms in total. The van der Waals surface area contributed by atoms with Crippen LogP contribution >= 0.6 is 15.8 Å². The number of rotatable bonds is 7. The maximum Gasteiger partial charge on any atom is 0.0402 e. The summed E-state index contributed by atoms with van der Waals surface area (Å²) in [6.07, 6.45) is 1.99. The van der Waals surface area contributed by atoms with Crippen LogP contribution in [0.2, 0.25) is 0 Å². The lowest BCUT2D eigenvalue weighted by molar-refractivity contribution is -0.0955. The Kier molecular flexibility index (Phi) is 7.30. The Balaban J connectivity index is 1.42. The molecule has 0 spiro atoms. The van der Waals surface area contributed by atoms with Crippen LogP contribution in [-0.4, -0.2) is 34.7 Å². The summed E-state index contributed by atoms with van der Waals surface area (Å²) in [6.45, 7) is 0.729. The summed E-state index contributed by atoms with van der Waals surface area (Å²) in [7, 11) is -1.06. The van der Waals surface area contributed by atoms with E-state index in [-0.39, 0.29) is 6.04 Å². The second kappa shape index (κ2) is 10.7. The van der Waals surface area contributed by atoms with E-state index in [0.717, 1.165) is 19.1 Å². The number of nitrogens with zero attached hydrogens (tertiary/aromatic N) is 1. The highest BCUT2D eigenvalue weighted by atomic mass is 31.1. The molecule has 4 heteroatoms. The van der Waals surface area contributed by atoms with Crippen molar-refractivity contribution in [2.75, 3.05) is 12.7 Å². The Bertz CT molecular complexity index is 1050. The van der Waals surface area contributed by atoms with Crippen molar-refractivity contribution in [3.05, 3.63) is 121 Å². The molecular weight excluding hydrogens is 440 g/mol. The molecule has 5 rings (SSSR count). The van der Waals surface area contributed by atoms with E-state index in [2.05, 4.69) is 121 Å². The van der Waals surface area contributed by atoms with Gasteiger partial charge in [0.15, 0.2) is 0 Å². The van der Waals surface area contributed by atoms with E-state index in [1.54, 1.807) is 5.06 Å². The SMILES string of the molecule is ON1C[C@@H](P(c2ccccc2)c2ccccc2)C[C@H]1CP(c1ccccc1)c1ccccc1. The summed E-state index contributed by atoms with van der Waals surface area (Å²) in [6, 6.07) is 43.6. The van der Waals surface area contributed by atoms with E-state index in [0.29, 0.717) is 5.66 Å². The highest BCUT2D eigenvalue weighted by Gasteiger charge is 2.38. The molecule has 4 aromatic carbocycles. The first-order chi connectivity index (χ1) is 16.3. The molecule has 2 atom stereocenters. The maximum absolute atomic E-state index is 11.1. The molecule has 0 unspecified atom stereocenters. The minimum absolute atomic E-state index is 0.166. The van der Waals surface area contributed by atoms with Crippen molar-refractivity contribution in [2.45, 2.75) is 18.1 Å². The molecule has 4 aromatic rings. The summed E-state index contributed by atoms with van der Waals surface area (Å²) in [4.78, 5) is 0.